The van der Waals surface area contributed by atoms with Gasteiger partial charge in [-0.05, 0) is 32.4 Å². The van der Waals surface area contributed by atoms with E-state index in [-0.39, 0.29) is 10.8 Å². The number of hydrogen-bond donors (Lipinski definition) is 1. The van der Waals surface area contributed by atoms with Crippen LogP contribution in [-0.2, 0) is 0 Å². The Morgan fingerprint density at radius 3 is 2.39 bits per heavy atom. The zero-order valence-electron chi connectivity index (χ0n) is 11.1. The lowest BCUT2D eigenvalue weighted by Gasteiger charge is -2.42. The molecule has 0 saturated carbocycles. The van der Waals surface area contributed by atoms with Gasteiger partial charge in [-0.1, -0.05) is 0 Å². The number of rotatable bonds is 1. The van der Waals surface area contributed by atoms with Crippen molar-refractivity contribution in [3.05, 3.63) is 11.5 Å². The highest BCUT2D eigenvalue weighted by atomic mass is 35.5. The van der Waals surface area contributed by atoms with E-state index in [0.717, 1.165) is 32.0 Å². The summed E-state index contributed by atoms with van der Waals surface area (Å²) in [5.74, 6) is 0.753. The fourth-order valence-corrected chi connectivity index (χ4v) is 2.33. The maximum Gasteiger partial charge on any atom is 0.224 e. The van der Waals surface area contributed by atoms with Crippen molar-refractivity contribution in [2.45, 2.75) is 26.3 Å². The Kier molecular flexibility index (Phi) is 3.64. The minimum Gasteiger partial charge on any atom is -0.394 e. The fraction of sp³-hybridized carbons (Fsp3) is 0.667. The summed E-state index contributed by atoms with van der Waals surface area (Å²) in [6.45, 7) is 10.5. The van der Waals surface area contributed by atoms with E-state index in [1.165, 1.54) is 0 Å². The van der Waals surface area contributed by atoms with Gasteiger partial charge in [0.1, 0.15) is 0 Å². The summed E-state index contributed by atoms with van der Waals surface area (Å²) in [5, 5.41) is 0.248. The Morgan fingerprint density at radius 2 is 1.83 bits per heavy atom. The van der Waals surface area contributed by atoms with Gasteiger partial charge >= 0.3 is 0 Å². The topological polar surface area (TPSA) is 58.3 Å². The van der Waals surface area contributed by atoms with Gasteiger partial charge in [-0.3, -0.25) is 4.90 Å². The van der Waals surface area contributed by atoms with Gasteiger partial charge in [0.25, 0.3) is 0 Å². The molecule has 18 heavy (non-hydrogen) atoms. The number of aromatic nitrogens is 2. The Morgan fingerprint density at radius 1 is 1.22 bits per heavy atom. The first kappa shape index (κ1) is 13.4. The fourth-order valence-electron chi connectivity index (χ4n) is 2.20. The average Bonchev–Trinajstić information content (AvgIpc) is 2.31. The minimum absolute atomic E-state index is 0.209. The third kappa shape index (κ3) is 2.84. The van der Waals surface area contributed by atoms with Crippen molar-refractivity contribution in [1.82, 2.24) is 14.9 Å². The van der Waals surface area contributed by atoms with Gasteiger partial charge in [0.05, 0.1) is 11.9 Å². The number of piperazine rings is 1. The predicted molar refractivity (Wildman–Crippen MR) is 75.0 cm³/mol. The molecule has 0 radical (unpaired) electrons. The summed E-state index contributed by atoms with van der Waals surface area (Å²) < 4.78 is 0. The van der Waals surface area contributed by atoms with Gasteiger partial charge in [0, 0.05) is 31.7 Å². The SMILES string of the molecule is CC(C)(C)N1CCN(c2nc(Cl)ncc2N)CC1. The molecule has 0 spiro atoms. The molecule has 0 aliphatic carbocycles. The molecule has 100 valence electrons. The summed E-state index contributed by atoms with van der Waals surface area (Å²) in [4.78, 5) is 12.7. The summed E-state index contributed by atoms with van der Waals surface area (Å²) in [5.41, 5.74) is 6.70. The van der Waals surface area contributed by atoms with Crippen LogP contribution >= 0.6 is 11.6 Å². The number of nitrogens with two attached hydrogens (primary N) is 1. The van der Waals surface area contributed by atoms with Crippen molar-refractivity contribution in [1.29, 1.82) is 0 Å². The number of halogens is 1. The zero-order chi connectivity index (χ0) is 13.3. The van der Waals surface area contributed by atoms with Crippen LogP contribution < -0.4 is 10.6 Å². The monoisotopic (exact) mass is 269 g/mol. The smallest absolute Gasteiger partial charge is 0.224 e. The number of nitrogen functional groups attached to an aromatic ring is 1. The molecule has 2 heterocycles. The highest BCUT2D eigenvalue weighted by Gasteiger charge is 2.27. The molecule has 1 aromatic heterocycles. The van der Waals surface area contributed by atoms with Crippen molar-refractivity contribution in [3.63, 3.8) is 0 Å². The molecule has 1 saturated heterocycles. The van der Waals surface area contributed by atoms with E-state index < -0.39 is 0 Å². The van der Waals surface area contributed by atoms with Crippen molar-refractivity contribution < 1.29 is 0 Å². The molecule has 2 N–H and O–H groups in total. The molecule has 5 nitrogen and oxygen atoms in total. The van der Waals surface area contributed by atoms with Gasteiger partial charge in [0.2, 0.25) is 5.28 Å². The summed E-state index contributed by atoms with van der Waals surface area (Å²) >= 11 is 5.82. The van der Waals surface area contributed by atoms with Gasteiger partial charge in [0.15, 0.2) is 5.82 Å². The largest absolute Gasteiger partial charge is 0.394 e. The normalized spacial score (nSPS) is 18.1. The summed E-state index contributed by atoms with van der Waals surface area (Å²) in [7, 11) is 0. The molecular formula is C12H20ClN5. The van der Waals surface area contributed by atoms with Crippen LogP contribution in [0.3, 0.4) is 0 Å². The summed E-state index contributed by atoms with van der Waals surface area (Å²) in [6.07, 6.45) is 1.57. The van der Waals surface area contributed by atoms with Gasteiger partial charge in [-0.15, -0.1) is 0 Å². The molecule has 0 atom stereocenters. The first-order chi connectivity index (χ1) is 8.38. The molecule has 1 fully saturated rings. The summed E-state index contributed by atoms with van der Waals surface area (Å²) in [6, 6.07) is 0. The molecule has 6 heteroatoms. The third-order valence-corrected chi connectivity index (χ3v) is 3.48. The second kappa shape index (κ2) is 4.90. The quantitative estimate of drug-likeness (QED) is 0.786. The van der Waals surface area contributed by atoms with Crippen LogP contribution in [0.25, 0.3) is 0 Å². The van der Waals surface area contributed by atoms with Crippen molar-refractivity contribution >= 4 is 23.1 Å². The van der Waals surface area contributed by atoms with Crippen molar-refractivity contribution in [2.24, 2.45) is 0 Å². The molecular weight excluding hydrogens is 250 g/mol. The lowest BCUT2D eigenvalue weighted by atomic mass is 10.1. The molecule has 0 amide bonds. The predicted octanol–water partition coefficient (Wildman–Crippen LogP) is 1.63. The molecule has 0 bridgehead atoms. The standard InChI is InChI=1S/C12H20ClN5/c1-12(2,3)18-6-4-17(5-7-18)10-9(14)8-15-11(13)16-10/h8H,4-7,14H2,1-3H3. The highest BCUT2D eigenvalue weighted by molar-refractivity contribution is 6.28. The first-order valence-electron chi connectivity index (χ1n) is 6.16. The van der Waals surface area contributed by atoms with Gasteiger partial charge < -0.3 is 10.6 Å². The maximum absolute atomic E-state index is 5.90. The van der Waals surface area contributed by atoms with Crippen LogP contribution in [0.5, 0.6) is 0 Å². The molecule has 1 aromatic rings. The van der Waals surface area contributed by atoms with E-state index >= 15 is 0 Å². The van der Waals surface area contributed by atoms with Crippen LogP contribution in [0.1, 0.15) is 20.8 Å². The maximum atomic E-state index is 5.90. The molecule has 1 aliphatic rings. The lowest BCUT2D eigenvalue weighted by Crippen LogP contribution is -2.53. The Bertz CT molecular complexity index is 421. The van der Waals surface area contributed by atoms with E-state index in [4.69, 9.17) is 17.3 Å². The number of nitrogens with zero attached hydrogens (tertiary/aromatic N) is 4. The van der Waals surface area contributed by atoms with E-state index in [0.29, 0.717) is 5.69 Å². The van der Waals surface area contributed by atoms with Crippen molar-refractivity contribution in [3.8, 4) is 0 Å². The molecule has 0 aromatic carbocycles. The van der Waals surface area contributed by atoms with E-state index in [1.54, 1.807) is 6.20 Å². The minimum atomic E-state index is 0.209. The van der Waals surface area contributed by atoms with Crippen LogP contribution in [0.2, 0.25) is 5.28 Å². The number of anilines is 2. The van der Waals surface area contributed by atoms with E-state index in [1.807, 2.05) is 0 Å². The van der Waals surface area contributed by atoms with Crippen LogP contribution in [0.4, 0.5) is 11.5 Å². The second-order valence-corrected chi connectivity index (χ2v) is 5.90. The molecule has 2 rings (SSSR count). The average molecular weight is 270 g/mol. The Labute approximate surface area is 113 Å². The van der Waals surface area contributed by atoms with Gasteiger partial charge in [-0.25, -0.2) is 4.98 Å². The first-order valence-corrected chi connectivity index (χ1v) is 6.54. The van der Waals surface area contributed by atoms with Crippen LogP contribution in [0.15, 0.2) is 6.20 Å². The number of hydrogen-bond acceptors (Lipinski definition) is 5. The van der Waals surface area contributed by atoms with Crippen LogP contribution in [0, 0.1) is 0 Å². The second-order valence-electron chi connectivity index (χ2n) is 5.56. The Hall–Kier alpha value is -1.07. The third-order valence-electron chi connectivity index (χ3n) is 3.29. The van der Waals surface area contributed by atoms with Crippen molar-refractivity contribution in [2.75, 3.05) is 36.8 Å². The van der Waals surface area contributed by atoms with Gasteiger partial charge in [-0.2, -0.15) is 4.98 Å². The van der Waals surface area contributed by atoms with E-state index in [9.17, 15) is 0 Å². The van der Waals surface area contributed by atoms with Crippen LogP contribution in [-0.4, -0.2) is 46.6 Å². The molecule has 1 aliphatic heterocycles. The lowest BCUT2D eigenvalue weighted by molar-refractivity contribution is 0.128. The highest BCUT2D eigenvalue weighted by Crippen LogP contribution is 2.24. The Balaban J connectivity index is 2.08. The molecule has 0 unspecified atom stereocenters. The zero-order valence-corrected chi connectivity index (χ0v) is 11.9. The van der Waals surface area contributed by atoms with E-state index in [2.05, 4.69) is 40.5 Å².